The fourth-order valence-electron chi connectivity index (χ4n) is 1.39. The van der Waals surface area contributed by atoms with E-state index in [-0.39, 0.29) is 0 Å². The summed E-state index contributed by atoms with van der Waals surface area (Å²) in [5.41, 5.74) is 6.34. The lowest BCUT2D eigenvalue weighted by atomic mass is 10.2. The maximum Gasteiger partial charge on any atom is 0.145 e. The van der Waals surface area contributed by atoms with Crippen molar-refractivity contribution >= 4 is 21.6 Å². The highest BCUT2D eigenvalue weighted by atomic mass is 79.9. The van der Waals surface area contributed by atoms with E-state index in [1.807, 2.05) is 6.07 Å². The molecule has 0 radical (unpaired) electrons. The van der Waals surface area contributed by atoms with Gasteiger partial charge in [0.2, 0.25) is 0 Å². The Morgan fingerprint density at radius 3 is 2.67 bits per heavy atom. The van der Waals surface area contributed by atoms with Crippen molar-refractivity contribution in [2.75, 3.05) is 5.73 Å². The van der Waals surface area contributed by atoms with Crippen LogP contribution in [-0.4, -0.2) is 0 Å². The summed E-state index contributed by atoms with van der Waals surface area (Å²) in [6, 6.07) is 11.0. The second kappa shape index (κ2) is 5.07. The monoisotopic (exact) mass is 306 g/mol. The normalized spacial score (nSPS) is 9.83. The first kappa shape index (κ1) is 12.4. The number of nitriles is 1. The van der Waals surface area contributed by atoms with E-state index in [1.165, 1.54) is 18.2 Å². The van der Waals surface area contributed by atoms with Gasteiger partial charge in [-0.15, -0.1) is 0 Å². The quantitative estimate of drug-likeness (QED) is 0.858. The molecule has 0 aliphatic carbocycles. The topological polar surface area (TPSA) is 59.0 Å². The summed E-state index contributed by atoms with van der Waals surface area (Å²) in [4.78, 5) is 0. The van der Waals surface area contributed by atoms with Gasteiger partial charge < -0.3 is 10.5 Å². The molecular formula is C13H8BrFN2O. The summed E-state index contributed by atoms with van der Waals surface area (Å²) >= 11 is 3.05. The molecule has 0 bridgehead atoms. The first-order valence-electron chi connectivity index (χ1n) is 5.02. The summed E-state index contributed by atoms with van der Waals surface area (Å²) in [7, 11) is 0. The van der Waals surface area contributed by atoms with E-state index >= 15 is 0 Å². The van der Waals surface area contributed by atoms with E-state index in [1.54, 1.807) is 18.2 Å². The van der Waals surface area contributed by atoms with E-state index in [2.05, 4.69) is 15.9 Å². The van der Waals surface area contributed by atoms with E-state index in [0.29, 0.717) is 27.2 Å². The Morgan fingerprint density at radius 1 is 1.22 bits per heavy atom. The number of hydrogen-bond donors (Lipinski definition) is 1. The molecule has 0 saturated carbocycles. The van der Waals surface area contributed by atoms with Crippen molar-refractivity contribution in [1.82, 2.24) is 0 Å². The van der Waals surface area contributed by atoms with Crippen molar-refractivity contribution in [3.63, 3.8) is 0 Å². The number of rotatable bonds is 2. The lowest BCUT2D eigenvalue weighted by molar-refractivity contribution is 0.475. The van der Waals surface area contributed by atoms with Gasteiger partial charge in [-0.25, -0.2) is 4.39 Å². The van der Waals surface area contributed by atoms with Crippen LogP contribution in [0.25, 0.3) is 0 Å². The number of halogens is 2. The van der Waals surface area contributed by atoms with E-state index in [4.69, 9.17) is 15.7 Å². The second-order valence-corrected chi connectivity index (χ2v) is 4.40. The predicted octanol–water partition coefficient (Wildman–Crippen LogP) is 3.83. The summed E-state index contributed by atoms with van der Waals surface area (Å²) in [5.74, 6) is 0.229. The average Bonchev–Trinajstić information content (AvgIpc) is 2.36. The van der Waals surface area contributed by atoms with Gasteiger partial charge in [0.25, 0.3) is 0 Å². The molecule has 0 spiro atoms. The summed E-state index contributed by atoms with van der Waals surface area (Å²) in [6.45, 7) is 0. The molecule has 2 N–H and O–H groups in total. The number of nitrogens with zero attached hydrogens (tertiary/aromatic N) is 1. The molecule has 0 saturated heterocycles. The Bertz CT molecular complexity index is 637. The molecule has 2 aromatic rings. The Hall–Kier alpha value is -2.06. The number of nitrogens with two attached hydrogens (primary N) is 1. The molecule has 18 heavy (non-hydrogen) atoms. The third-order valence-corrected chi connectivity index (χ3v) is 2.89. The molecule has 2 aromatic carbocycles. The third-order valence-electron chi connectivity index (χ3n) is 2.24. The van der Waals surface area contributed by atoms with E-state index in [0.717, 1.165) is 0 Å². The van der Waals surface area contributed by atoms with Crippen molar-refractivity contribution in [2.45, 2.75) is 0 Å². The molecule has 0 aromatic heterocycles. The van der Waals surface area contributed by atoms with Crippen LogP contribution in [0.15, 0.2) is 40.9 Å². The SMILES string of the molecule is N#Cc1cc(N)ccc1Oc1ccc(Br)c(F)c1. The minimum absolute atomic E-state index is 0.304. The van der Waals surface area contributed by atoms with Gasteiger partial charge >= 0.3 is 0 Å². The molecule has 90 valence electrons. The van der Waals surface area contributed by atoms with Gasteiger partial charge in [0.05, 0.1) is 10.0 Å². The van der Waals surface area contributed by atoms with Gasteiger partial charge in [-0.3, -0.25) is 0 Å². The van der Waals surface area contributed by atoms with Gasteiger partial charge in [0.1, 0.15) is 23.4 Å². The number of anilines is 1. The van der Waals surface area contributed by atoms with Crippen LogP contribution < -0.4 is 10.5 Å². The van der Waals surface area contributed by atoms with Crippen LogP contribution in [0.5, 0.6) is 11.5 Å². The Kier molecular flexibility index (Phi) is 3.49. The fourth-order valence-corrected chi connectivity index (χ4v) is 1.64. The maximum atomic E-state index is 13.3. The minimum Gasteiger partial charge on any atom is -0.456 e. The lowest BCUT2D eigenvalue weighted by Crippen LogP contribution is -1.92. The molecule has 2 rings (SSSR count). The Balaban J connectivity index is 2.34. The van der Waals surface area contributed by atoms with Gasteiger partial charge in [0.15, 0.2) is 0 Å². The first-order valence-corrected chi connectivity index (χ1v) is 5.82. The molecule has 0 unspecified atom stereocenters. The number of nitrogen functional groups attached to an aromatic ring is 1. The largest absolute Gasteiger partial charge is 0.456 e. The van der Waals surface area contributed by atoms with Crippen LogP contribution in [0.3, 0.4) is 0 Å². The Labute approximate surface area is 112 Å². The highest BCUT2D eigenvalue weighted by molar-refractivity contribution is 9.10. The molecule has 0 fully saturated rings. The van der Waals surface area contributed by atoms with Gasteiger partial charge in [0, 0.05) is 11.8 Å². The molecule has 0 aliphatic heterocycles. The molecule has 5 heteroatoms. The zero-order chi connectivity index (χ0) is 13.1. The smallest absolute Gasteiger partial charge is 0.145 e. The number of hydrogen-bond acceptors (Lipinski definition) is 3. The van der Waals surface area contributed by atoms with Crippen LogP contribution in [-0.2, 0) is 0 Å². The molecular weight excluding hydrogens is 299 g/mol. The van der Waals surface area contributed by atoms with Crippen molar-refractivity contribution < 1.29 is 9.13 Å². The van der Waals surface area contributed by atoms with Crippen molar-refractivity contribution in [1.29, 1.82) is 5.26 Å². The zero-order valence-electron chi connectivity index (χ0n) is 9.15. The van der Waals surface area contributed by atoms with Crippen LogP contribution in [0, 0.1) is 17.1 Å². The van der Waals surface area contributed by atoms with Crippen molar-refractivity contribution in [3.05, 3.63) is 52.3 Å². The van der Waals surface area contributed by atoms with Crippen LogP contribution in [0.4, 0.5) is 10.1 Å². The van der Waals surface area contributed by atoms with E-state index < -0.39 is 5.82 Å². The van der Waals surface area contributed by atoms with Crippen LogP contribution in [0.2, 0.25) is 0 Å². The summed E-state index contributed by atoms with van der Waals surface area (Å²) in [6.07, 6.45) is 0. The Morgan fingerprint density at radius 2 is 2.00 bits per heavy atom. The lowest BCUT2D eigenvalue weighted by Gasteiger charge is -2.08. The zero-order valence-corrected chi connectivity index (χ0v) is 10.7. The molecule has 0 heterocycles. The van der Waals surface area contributed by atoms with Crippen molar-refractivity contribution in [3.8, 4) is 17.6 Å². The minimum atomic E-state index is -0.429. The summed E-state index contributed by atoms with van der Waals surface area (Å²) in [5, 5.41) is 8.95. The molecule has 0 atom stereocenters. The van der Waals surface area contributed by atoms with Crippen LogP contribution in [0.1, 0.15) is 5.56 Å². The third kappa shape index (κ3) is 2.60. The molecule has 0 amide bonds. The van der Waals surface area contributed by atoms with E-state index in [9.17, 15) is 4.39 Å². The van der Waals surface area contributed by atoms with Gasteiger partial charge in [-0.05, 0) is 46.3 Å². The van der Waals surface area contributed by atoms with Crippen LogP contribution >= 0.6 is 15.9 Å². The molecule has 3 nitrogen and oxygen atoms in total. The van der Waals surface area contributed by atoms with Gasteiger partial charge in [-0.2, -0.15) is 5.26 Å². The number of ether oxygens (including phenoxy) is 1. The average molecular weight is 307 g/mol. The van der Waals surface area contributed by atoms with Gasteiger partial charge in [-0.1, -0.05) is 0 Å². The first-order chi connectivity index (χ1) is 8.60. The highest BCUT2D eigenvalue weighted by Crippen LogP contribution is 2.28. The highest BCUT2D eigenvalue weighted by Gasteiger charge is 2.07. The molecule has 0 aliphatic rings. The predicted molar refractivity (Wildman–Crippen MR) is 69.7 cm³/mol. The fraction of sp³-hybridized carbons (Fsp3) is 0. The standard InChI is InChI=1S/C13H8BrFN2O/c14-11-3-2-10(6-12(11)15)18-13-4-1-9(17)5-8(13)7-16/h1-6H,17H2. The number of benzene rings is 2. The maximum absolute atomic E-state index is 13.3. The van der Waals surface area contributed by atoms with Crippen molar-refractivity contribution in [2.24, 2.45) is 0 Å². The second-order valence-electron chi connectivity index (χ2n) is 3.55. The summed E-state index contributed by atoms with van der Waals surface area (Å²) < 4.78 is 19.1.